The van der Waals surface area contributed by atoms with Crippen LogP contribution in [0, 0.1) is 25.5 Å². The Bertz CT molecular complexity index is 1070. The molecule has 7 nitrogen and oxygen atoms in total. The number of hydrogen-bond donors (Lipinski definition) is 1. The zero-order chi connectivity index (χ0) is 20.4. The van der Waals surface area contributed by atoms with Gasteiger partial charge in [0, 0.05) is 18.3 Å². The number of rotatable bonds is 6. The van der Waals surface area contributed by atoms with E-state index < -0.39 is 0 Å². The molecule has 2 heterocycles. The van der Waals surface area contributed by atoms with E-state index in [1.165, 1.54) is 0 Å². The van der Waals surface area contributed by atoms with Crippen molar-refractivity contribution in [2.45, 2.75) is 47.1 Å². The molecule has 8 heteroatoms. The highest BCUT2D eigenvalue weighted by molar-refractivity contribution is 7.71. The summed E-state index contributed by atoms with van der Waals surface area (Å²) in [7, 11) is 1.91. The number of aryl methyl sites for hydroxylation is 3. The topological polar surface area (TPSA) is 73.0 Å². The molecule has 3 rings (SSSR count). The molecule has 0 atom stereocenters. The Labute approximate surface area is 170 Å². The molecule has 0 aliphatic carbocycles. The number of H-pyrrole nitrogens is 1. The van der Waals surface area contributed by atoms with E-state index in [4.69, 9.17) is 17.0 Å². The SMILES string of the molecule is Cc1ccc(C(C)C)c(OCc2n[nH]c(=S)n2/N=C\c2c(C)nn(C)c2C)c1. The first-order valence-corrected chi connectivity index (χ1v) is 9.63. The third-order valence-electron chi connectivity index (χ3n) is 4.73. The molecular formula is C20H26N6OS. The van der Waals surface area contributed by atoms with Crippen molar-refractivity contribution in [1.82, 2.24) is 24.7 Å². The average molecular weight is 399 g/mol. The molecule has 0 spiro atoms. The highest BCUT2D eigenvalue weighted by Crippen LogP contribution is 2.28. The van der Waals surface area contributed by atoms with Crippen LogP contribution in [0.25, 0.3) is 0 Å². The second-order valence-corrected chi connectivity index (χ2v) is 7.58. The Morgan fingerprint density at radius 2 is 2.04 bits per heavy atom. The first-order valence-electron chi connectivity index (χ1n) is 9.22. The lowest BCUT2D eigenvalue weighted by atomic mass is 10.0. The molecule has 3 aromatic rings. The van der Waals surface area contributed by atoms with Gasteiger partial charge in [-0.3, -0.25) is 4.68 Å². The van der Waals surface area contributed by atoms with Crippen LogP contribution in [0.1, 0.15) is 53.7 Å². The number of aromatic nitrogens is 5. The number of hydrogen-bond acceptors (Lipinski definition) is 5. The quantitative estimate of drug-likeness (QED) is 0.499. The zero-order valence-corrected chi connectivity index (χ0v) is 18.0. The lowest BCUT2D eigenvalue weighted by Crippen LogP contribution is -2.06. The molecule has 148 valence electrons. The van der Waals surface area contributed by atoms with E-state index in [0.717, 1.165) is 33.8 Å². The summed E-state index contributed by atoms with van der Waals surface area (Å²) in [5, 5.41) is 16.0. The third-order valence-corrected chi connectivity index (χ3v) is 5.00. The maximum Gasteiger partial charge on any atom is 0.216 e. The monoisotopic (exact) mass is 398 g/mol. The average Bonchev–Trinajstić information content (AvgIpc) is 3.10. The second-order valence-electron chi connectivity index (χ2n) is 7.19. The minimum Gasteiger partial charge on any atom is -0.485 e. The smallest absolute Gasteiger partial charge is 0.216 e. The van der Waals surface area contributed by atoms with Gasteiger partial charge in [0.2, 0.25) is 4.77 Å². The fraction of sp³-hybridized carbons (Fsp3) is 0.400. The number of benzene rings is 1. The van der Waals surface area contributed by atoms with Gasteiger partial charge >= 0.3 is 0 Å². The molecule has 0 radical (unpaired) electrons. The van der Waals surface area contributed by atoms with Crippen molar-refractivity contribution in [1.29, 1.82) is 0 Å². The van der Waals surface area contributed by atoms with Crippen LogP contribution in [0.15, 0.2) is 23.3 Å². The van der Waals surface area contributed by atoms with E-state index >= 15 is 0 Å². The predicted molar refractivity (Wildman–Crippen MR) is 113 cm³/mol. The van der Waals surface area contributed by atoms with E-state index in [-0.39, 0.29) is 6.61 Å². The predicted octanol–water partition coefficient (Wildman–Crippen LogP) is 4.18. The van der Waals surface area contributed by atoms with Crippen LogP contribution in [0.3, 0.4) is 0 Å². The van der Waals surface area contributed by atoms with Gasteiger partial charge in [0.05, 0.1) is 11.9 Å². The standard InChI is InChI=1S/C20H26N6OS/c1-12(2)16-8-7-13(3)9-18(16)27-11-19-22-23-20(28)26(19)21-10-17-14(4)24-25(6)15(17)5/h7-10,12H,11H2,1-6H3,(H,23,28)/b21-10-. The van der Waals surface area contributed by atoms with Crippen molar-refractivity contribution in [3.05, 3.63) is 56.9 Å². The highest BCUT2D eigenvalue weighted by atomic mass is 32.1. The maximum atomic E-state index is 6.08. The molecular weight excluding hydrogens is 372 g/mol. The highest BCUT2D eigenvalue weighted by Gasteiger charge is 2.12. The molecule has 0 unspecified atom stereocenters. The van der Waals surface area contributed by atoms with E-state index in [2.05, 4.69) is 53.3 Å². The van der Waals surface area contributed by atoms with Gasteiger partial charge in [-0.25, -0.2) is 5.10 Å². The van der Waals surface area contributed by atoms with E-state index in [1.54, 1.807) is 10.9 Å². The zero-order valence-electron chi connectivity index (χ0n) is 17.1. The summed E-state index contributed by atoms with van der Waals surface area (Å²) in [5.41, 5.74) is 5.24. The number of nitrogens with one attached hydrogen (secondary N) is 1. The molecule has 0 saturated carbocycles. The number of aromatic amines is 1. The van der Waals surface area contributed by atoms with Crippen LogP contribution in [0.2, 0.25) is 0 Å². The van der Waals surface area contributed by atoms with Gasteiger partial charge in [-0.1, -0.05) is 26.0 Å². The molecule has 0 bridgehead atoms. The van der Waals surface area contributed by atoms with Crippen molar-refractivity contribution < 1.29 is 4.74 Å². The summed E-state index contributed by atoms with van der Waals surface area (Å²) in [6.07, 6.45) is 1.76. The minimum atomic E-state index is 0.263. The Hall–Kier alpha value is -2.74. The van der Waals surface area contributed by atoms with Gasteiger partial charge in [-0.2, -0.15) is 20.0 Å². The largest absolute Gasteiger partial charge is 0.485 e. The Kier molecular flexibility index (Phi) is 5.79. The van der Waals surface area contributed by atoms with Crippen LogP contribution in [-0.4, -0.2) is 30.9 Å². The summed E-state index contributed by atoms with van der Waals surface area (Å²) in [5.74, 6) is 1.83. The van der Waals surface area contributed by atoms with Crippen molar-refractivity contribution in [3.8, 4) is 5.75 Å². The second kappa shape index (κ2) is 8.10. The molecule has 2 aromatic heterocycles. The molecule has 28 heavy (non-hydrogen) atoms. The molecule has 0 aliphatic rings. The first-order chi connectivity index (χ1) is 13.3. The van der Waals surface area contributed by atoms with Crippen LogP contribution in [0.5, 0.6) is 5.75 Å². The van der Waals surface area contributed by atoms with Crippen LogP contribution in [0.4, 0.5) is 0 Å². The molecule has 1 aromatic carbocycles. The minimum absolute atomic E-state index is 0.263. The van der Waals surface area contributed by atoms with Crippen molar-refractivity contribution in [3.63, 3.8) is 0 Å². The van der Waals surface area contributed by atoms with Crippen LogP contribution >= 0.6 is 12.2 Å². The summed E-state index contributed by atoms with van der Waals surface area (Å²) in [6.45, 7) is 10.6. The summed E-state index contributed by atoms with van der Waals surface area (Å²) >= 11 is 5.33. The number of ether oxygens (including phenoxy) is 1. The lowest BCUT2D eigenvalue weighted by molar-refractivity contribution is 0.286. The van der Waals surface area contributed by atoms with Gasteiger partial charge in [-0.05, 0) is 56.1 Å². The summed E-state index contributed by atoms with van der Waals surface area (Å²) in [6, 6.07) is 6.26. The van der Waals surface area contributed by atoms with Crippen LogP contribution < -0.4 is 4.74 Å². The Morgan fingerprint density at radius 3 is 2.68 bits per heavy atom. The fourth-order valence-corrected chi connectivity index (χ4v) is 3.21. The van der Waals surface area contributed by atoms with Crippen molar-refractivity contribution in [2.24, 2.45) is 12.1 Å². The first kappa shape index (κ1) is 20.0. The van der Waals surface area contributed by atoms with Gasteiger partial charge in [-0.15, -0.1) is 0 Å². The third kappa shape index (κ3) is 4.06. The molecule has 0 aliphatic heterocycles. The van der Waals surface area contributed by atoms with E-state index in [0.29, 0.717) is 16.5 Å². The molecule has 1 N–H and O–H groups in total. The van der Waals surface area contributed by atoms with E-state index in [1.807, 2.05) is 31.6 Å². The van der Waals surface area contributed by atoms with Gasteiger partial charge in [0.15, 0.2) is 5.82 Å². The summed E-state index contributed by atoms with van der Waals surface area (Å²) < 4.78 is 9.93. The van der Waals surface area contributed by atoms with Gasteiger partial charge in [0.25, 0.3) is 0 Å². The van der Waals surface area contributed by atoms with Gasteiger partial charge in [0.1, 0.15) is 12.4 Å². The molecule has 0 saturated heterocycles. The maximum absolute atomic E-state index is 6.08. The summed E-state index contributed by atoms with van der Waals surface area (Å²) in [4.78, 5) is 0. The lowest BCUT2D eigenvalue weighted by Gasteiger charge is -2.14. The van der Waals surface area contributed by atoms with Crippen molar-refractivity contribution in [2.75, 3.05) is 0 Å². The fourth-order valence-electron chi connectivity index (χ4n) is 3.01. The van der Waals surface area contributed by atoms with Crippen LogP contribution in [-0.2, 0) is 13.7 Å². The Morgan fingerprint density at radius 1 is 1.29 bits per heavy atom. The van der Waals surface area contributed by atoms with Gasteiger partial charge < -0.3 is 4.74 Å². The Balaban J connectivity index is 1.85. The molecule has 0 amide bonds. The normalized spacial score (nSPS) is 11.7. The van der Waals surface area contributed by atoms with Crippen molar-refractivity contribution >= 4 is 18.4 Å². The molecule has 0 fully saturated rings. The van der Waals surface area contributed by atoms with E-state index in [9.17, 15) is 0 Å². The number of nitrogens with zero attached hydrogens (tertiary/aromatic N) is 5.